The number of fused-ring (bicyclic) bond motifs is 1. The molecular formula is C11H15N3S. The van der Waals surface area contributed by atoms with Gasteiger partial charge in [-0.15, -0.1) is 0 Å². The van der Waals surface area contributed by atoms with Crippen LogP contribution in [0.5, 0.6) is 0 Å². The van der Waals surface area contributed by atoms with Gasteiger partial charge in [-0.2, -0.15) is 4.37 Å². The zero-order valence-electron chi connectivity index (χ0n) is 9.48. The van der Waals surface area contributed by atoms with E-state index >= 15 is 0 Å². The summed E-state index contributed by atoms with van der Waals surface area (Å²) in [6, 6.07) is 0. The van der Waals surface area contributed by atoms with E-state index in [2.05, 4.69) is 42.0 Å². The van der Waals surface area contributed by atoms with Gasteiger partial charge in [-0.25, -0.2) is 9.97 Å². The van der Waals surface area contributed by atoms with E-state index in [0.29, 0.717) is 11.8 Å². The molecule has 0 bridgehead atoms. The first-order chi connectivity index (χ1) is 7.09. The minimum Gasteiger partial charge on any atom is -0.240 e. The monoisotopic (exact) mass is 221 g/mol. The minimum absolute atomic E-state index is 0.374. The third-order valence-corrected chi connectivity index (χ3v) is 3.11. The van der Waals surface area contributed by atoms with Crippen LogP contribution in [-0.2, 0) is 0 Å². The van der Waals surface area contributed by atoms with Crippen LogP contribution in [0.25, 0.3) is 10.2 Å². The molecule has 0 saturated carbocycles. The van der Waals surface area contributed by atoms with Gasteiger partial charge in [0.1, 0.15) is 10.7 Å². The van der Waals surface area contributed by atoms with Crippen LogP contribution in [-0.4, -0.2) is 14.3 Å². The van der Waals surface area contributed by atoms with Crippen LogP contribution in [0.2, 0.25) is 0 Å². The highest BCUT2D eigenvalue weighted by Gasteiger charge is 2.12. The standard InChI is InChI=1S/C11H15N3S/c1-6(2)9-8-5-12-10(7(3)4)13-11(8)15-14-9/h5-7H,1-4H3. The lowest BCUT2D eigenvalue weighted by Crippen LogP contribution is -1.96. The highest BCUT2D eigenvalue weighted by atomic mass is 32.1. The molecule has 0 fully saturated rings. The summed E-state index contributed by atoms with van der Waals surface area (Å²) < 4.78 is 4.43. The molecule has 2 aromatic heterocycles. The second kappa shape index (κ2) is 3.85. The highest BCUT2D eigenvalue weighted by Crippen LogP contribution is 2.26. The summed E-state index contributed by atoms with van der Waals surface area (Å²) in [5.74, 6) is 1.72. The van der Waals surface area contributed by atoms with Crippen molar-refractivity contribution in [3.8, 4) is 0 Å². The number of nitrogens with zero attached hydrogens (tertiary/aromatic N) is 3. The summed E-state index contributed by atoms with van der Waals surface area (Å²) in [6.45, 7) is 8.49. The van der Waals surface area contributed by atoms with E-state index in [0.717, 1.165) is 21.7 Å². The summed E-state index contributed by atoms with van der Waals surface area (Å²) in [4.78, 5) is 9.91. The Morgan fingerprint density at radius 2 is 1.87 bits per heavy atom. The van der Waals surface area contributed by atoms with Gasteiger partial charge in [0.05, 0.1) is 11.1 Å². The number of rotatable bonds is 2. The predicted molar refractivity (Wildman–Crippen MR) is 63.4 cm³/mol. The summed E-state index contributed by atoms with van der Waals surface area (Å²) >= 11 is 1.47. The lowest BCUT2D eigenvalue weighted by atomic mass is 10.1. The van der Waals surface area contributed by atoms with Crippen LogP contribution >= 0.6 is 11.5 Å². The van der Waals surface area contributed by atoms with Crippen molar-refractivity contribution in [3.63, 3.8) is 0 Å². The molecule has 0 aliphatic rings. The van der Waals surface area contributed by atoms with Crippen molar-refractivity contribution in [2.75, 3.05) is 0 Å². The number of hydrogen-bond acceptors (Lipinski definition) is 4. The van der Waals surface area contributed by atoms with Crippen LogP contribution in [0, 0.1) is 0 Å². The first kappa shape index (κ1) is 10.5. The van der Waals surface area contributed by atoms with Crippen LogP contribution in [0.1, 0.15) is 51.0 Å². The summed E-state index contributed by atoms with van der Waals surface area (Å²) in [6.07, 6.45) is 1.91. The van der Waals surface area contributed by atoms with E-state index in [9.17, 15) is 0 Å². The average Bonchev–Trinajstić information content (AvgIpc) is 2.59. The molecule has 3 nitrogen and oxygen atoms in total. The quantitative estimate of drug-likeness (QED) is 0.780. The topological polar surface area (TPSA) is 38.7 Å². The molecule has 0 aliphatic heterocycles. The molecular weight excluding hydrogens is 206 g/mol. The van der Waals surface area contributed by atoms with Crippen LogP contribution < -0.4 is 0 Å². The maximum Gasteiger partial charge on any atom is 0.147 e. The Hall–Kier alpha value is -1.03. The zero-order chi connectivity index (χ0) is 11.0. The van der Waals surface area contributed by atoms with Crippen molar-refractivity contribution in [3.05, 3.63) is 17.7 Å². The molecule has 0 radical (unpaired) electrons. The molecule has 0 N–H and O–H groups in total. The highest BCUT2D eigenvalue weighted by molar-refractivity contribution is 7.12. The molecule has 0 unspecified atom stereocenters. The molecule has 15 heavy (non-hydrogen) atoms. The molecule has 80 valence electrons. The van der Waals surface area contributed by atoms with Crippen molar-refractivity contribution in [1.82, 2.24) is 14.3 Å². The zero-order valence-corrected chi connectivity index (χ0v) is 10.3. The first-order valence-corrected chi connectivity index (χ1v) is 5.99. The van der Waals surface area contributed by atoms with Gasteiger partial charge in [0.25, 0.3) is 0 Å². The average molecular weight is 221 g/mol. The Kier molecular flexibility index (Phi) is 2.69. The molecule has 0 amide bonds. The smallest absolute Gasteiger partial charge is 0.147 e. The van der Waals surface area contributed by atoms with E-state index in [1.165, 1.54) is 11.5 Å². The number of aromatic nitrogens is 3. The molecule has 0 aromatic carbocycles. The van der Waals surface area contributed by atoms with Crippen LogP contribution in [0.3, 0.4) is 0 Å². The fourth-order valence-electron chi connectivity index (χ4n) is 1.46. The molecule has 4 heteroatoms. The van der Waals surface area contributed by atoms with Crippen molar-refractivity contribution in [2.45, 2.75) is 39.5 Å². The van der Waals surface area contributed by atoms with E-state index in [-0.39, 0.29) is 0 Å². The van der Waals surface area contributed by atoms with Crippen molar-refractivity contribution >= 4 is 21.7 Å². The van der Waals surface area contributed by atoms with E-state index < -0.39 is 0 Å². The summed E-state index contributed by atoms with van der Waals surface area (Å²) in [5, 5.41) is 1.11. The molecule has 2 aromatic rings. The minimum atomic E-state index is 0.374. The molecule has 0 aliphatic carbocycles. The lowest BCUT2D eigenvalue weighted by Gasteiger charge is -2.03. The molecule has 0 spiro atoms. The Bertz CT molecular complexity index is 474. The van der Waals surface area contributed by atoms with Gasteiger partial charge in [0.2, 0.25) is 0 Å². The van der Waals surface area contributed by atoms with Crippen molar-refractivity contribution in [2.24, 2.45) is 0 Å². The van der Waals surface area contributed by atoms with Gasteiger partial charge in [0, 0.05) is 12.1 Å². The van der Waals surface area contributed by atoms with E-state index in [4.69, 9.17) is 0 Å². The van der Waals surface area contributed by atoms with E-state index in [1.54, 1.807) is 0 Å². The van der Waals surface area contributed by atoms with Crippen molar-refractivity contribution in [1.29, 1.82) is 0 Å². The first-order valence-electron chi connectivity index (χ1n) is 5.21. The summed E-state index contributed by atoms with van der Waals surface area (Å²) in [5.41, 5.74) is 1.12. The fraction of sp³-hybridized carbons (Fsp3) is 0.545. The second-order valence-electron chi connectivity index (χ2n) is 4.32. The Morgan fingerprint density at radius 1 is 1.13 bits per heavy atom. The Balaban J connectivity index is 2.57. The Labute approximate surface area is 93.7 Å². The maximum absolute atomic E-state index is 4.52. The second-order valence-corrected chi connectivity index (χ2v) is 5.08. The van der Waals surface area contributed by atoms with Crippen LogP contribution in [0.15, 0.2) is 6.20 Å². The van der Waals surface area contributed by atoms with Gasteiger partial charge in [0.15, 0.2) is 0 Å². The predicted octanol–water partition coefficient (Wildman–Crippen LogP) is 3.33. The maximum atomic E-state index is 4.52. The van der Waals surface area contributed by atoms with Gasteiger partial charge in [-0.3, -0.25) is 0 Å². The third-order valence-electron chi connectivity index (χ3n) is 2.34. The number of hydrogen-bond donors (Lipinski definition) is 0. The van der Waals surface area contributed by atoms with E-state index in [1.807, 2.05) is 6.20 Å². The molecule has 2 heterocycles. The third kappa shape index (κ3) is 1.86. The molecule has 0 saturated heterocycles. The van der Waals surface area contributed by atoms with Gasteiger partial charge < -0.3 is 0 Å². The molecule has 2 rings (SSSR count). The van der Waals surface area contributed by atoms with Gasteiger partial charge in [-0.05, 0) is 17.5 Å². The lowest BCUT2D eigenvalue weighted by molar-refractivity contribution is 0.783. The van der Waals surface area contributed by atoms with Gasteiger partial charge >= 0.3 is 0 Å². The van der Waals surface area contributed by atoms with Gasteiger partial charge in [-0.1, -0.05) is 27.7 Å². The van der Waals surface area contributed by atoms with Crippen LogP contribution in [0.4, 0.5) is 0 Å². The largest absolute Gasteiger partial charge is 0.240 e. The van der Waals surface area contributed by atoms with Crippen molar-refractivity contribution < 1.29 is 0 Å². The Morgan fingerprint density at radius 3 is 2.47 bits per heavy atom. The normalized spacial score (nSPS) is 11.9. The fourth-order valence-corrected chi connectivity index (χ4v) is 2.34. The molecule has 0 atom stereocenters. The SMILES string of the molecule is CC(C)c1ncc2c(C(C)C)nsc2n1. The summed E-state index contributed by atoms with van der Waals surface area (Å²) in [7, 11) is 0.